The molecule has 4 heteroatoms. The zero-order chi connectivity index (χ0) is 11.1. The lowest BCUT2D eigenvalue weighted by Gasteiger charge is -2.21. The molecule has 0 aliphatic heterocycles. The van der Waals surface area contributed by atoms with Gasteiger partial charge in [-0.25, -0.2) is 0 Å². The lowest BCUT2D eigenvalue weighted by atomic mass is 10.1. The molecule has 0 spiro atoms. The molecule has 84 valence electrons. The molecule has 1 N–H and O–H groups in total. The van der Waals surface area contributed by atoms with Gasteiger partial charge in [0, 0.05) is 19.0 Å². The van der Waals surface area contributed by atoms with Crippen LogP contribution in [-0.4, -0.2) is 27.8 Å². The van der Waals surface area contributed by atoms with Crippen LogP contribution in [0, 0.1) is 0 Å². The summed E-state index contributed by atoms with van der Waals surface area (Å²) in [6.07, 6.45) is 5.68. The molecule has 1 heterocycles. The number of ether oxygens (including phenoxy) is 1. The molecule has 1 aromatic rings. The van der Waals surface area contributed by atoms with Gasteiger partial charge in [0.15, 0.2) is 0 Å². The minimum Gasteiger partial charge on any atom is -0.384 e. The molecule has 0 fully saturated rings. The fraction of sp³-hybridized carbons (Fsp3) is 0.636. The largest absolute Gasteiger partial charge is 0.384 e. The highest BCUT2D eigenvalue weighted by Crippen LogP contribution is 2.20. The van der Waals surface area contributed by atoms with Gasteiger partial charge in [0.1, 0.15) is 6.10 Å². The van der Waals surface area contributed by atoms with Crippen LogP contribution in [-0.2, 0) is 4.74 Å². The maximum atomic E-state index is 10.0. The van der Waals surface area contributed by atoms with Crippen molar-refractivity contribution in [3.8, 4) is 0 Å². The van der Waals surface area contributed by atoms with Gasteiger partial charge in [0.05, 0.1) is 18.0 Å². The average Bonchev–Trinajstić information content (AvgIpc) is 2.29. The van der Waals surface area contributed by atoms with Crippen LogP contribution < -0.4 is 0 Å². The van der Waals surface area contributed by atoms with Crippen molar-refractivity contribution in [2.75, 3.05) is 6.61 Å². The molecule has 0 aliphatic carbocycles. The lowest BCUT2D eigenvalue weighted by Crippen LogP contribution is -2.23. The van der Waals surface area contributed by atoms with Crippen LogP contribution in [0.2, 0.25) is 0 Å². The van der Waals surface area contributed by atoms with Crippen molar-refractivity contribution in [2.45, 2.75) is 38.9 Å². The normalized spacial score (nSPS) is 14.9. The van der Waals surface area contributed by atoms with E-state index in [9.17, 15) is 5.11 Å². The standard InChI is InChI=1S/C11H18N2O2/c1-3-5-10(15-4-2)11(14)9-8-12-6-7-13-9/h6-8,10-11,14H,3-5H2,1-2H3. The number of nitrogens with zero attached hydrogens (tertiary/aromatic N) is 2. The average molecular weight is 210 g/mol. The van der Waals surface area contributed by atoms with Crippen molar-refractivity contribution in [1.29, 1.82) is 0 Å². The zero-order valence-corrected chi connectivity index (χ0v) is 9.26. The van der Waals surface area contributed by atoms with Crippen molar-refractivity contribution >= 4 is 0 Å². The van der Waals surface area contributed by atoms with E-state index in [0.717, 1.165) is 12.8 Å². The van der Waals surface area contributed by atoms with Crippen molar-refractivity contribution in [3.63, 3.8) is 0 Å². The van der Waals surface area contributed by atoms with E-state index in [0.29, 0.717) is 12.3 Å². The molecule has 2 unspecified atom stereocenters. The molecule has 0 saturated carbocycles. The Hall–Kier alpha value is -1.00. The molecular formula is C11H18N2O2. The number of hydrogen-bond donors (Lipinski definition) is 1. The predicted molar refractivity (Wildman–Crippen MR) is 57.3 cm³/mol. The molecule has 15 heavy (non-hydrogen) atoms. The molecule has 4 nitrogen and oxygen atoms in total. The van der Waals surface area contributed by atoms with Crippen LogP contribution in [0.1, 0.15) is 38.5 Å². The summed E-state index contributed by atoms with van der Waals surface area (Å²) in [6, 6.07) is 0. The molecule has 1 rings (SSSR count). The Labute approximate surface area is 90.3 Å². The third-order valence-electron chi connectivity index (χ3n) is 2.19. The van der Waals surface area contributed by atoms with Gasteiger partial charge < -0.3 is 9.84 Å². The fourth-order valence-corrected chi connectivity index (χ4v) is 1.48. The smallest absolute Gasteiger partial charge is 0.124 e. The second-order valence-electron chi connectivity index (χ2n) is 3.36. The molecule has 0 bridgehead atoms. The Bertz CT molecular complexity index is 261. The molecular weight excluding hydrogens is 192 g/mol. The zero-order valence-electron chi connectivity index (χ0n) is 9.26. The lowest BCUT2D eigenvalue weighted by molar-refractivity contribution is -0.0403. The van der Waals surface area contributed by atoms with E-state index in [1.165, 1.54) is 0 Å². The van der Waals surface area contributed by atoms with Crippen LogP contribution in [0.25, 0.3) is 0 Å². The molecule has 0 amide bonds. The Kier molecular flexibility index (Phi) is 5.21. The Morgan fingerprint density at radius 2 is 2.20 bits per heavy atom. The number of aromatic nitrogens is 2. The summed E-state index contributed by atoms with van der Waals surface area (Å²) in [5, 5.41) is 10.0. The highest BCUT2D eigenvalue weighted by Gasteiger charge is 2.21. The highest BCUT2D eigenvalue weighted by atomic mass is 16.5. The fourth-order valence-electron chi connectivity index (χ4n) is 1.48. The maximum Gasteiger partial charge on any atom is 0.124 e. The minimum absolute atomic E-state index is 0.184. The Morgan fingerprint density at radius 1 is 1.40 bits per heavy atom. The van der Waals surface area contributed by atoms with E-state index < -0.39 is 6.10 Å². The van der Waals surface area contributed by atoms with Gasteiger partial charge in [-0.05, 0) is 13.3 Å². The van der Waals surface area contributed by atoms with E-state index in [1.807, 2.05) is 6.92 Å². The summed E-state index contributed by atoms with van der Waals surface area (Å²) in [6.45, 7) is 4.59. The third kappa shape index (κ3) is 3.57. The molecule has 0 aromatic carbocycles. The van der Waals surface area contributed by atoms with E-state index in [1.54, 1.807) is 18.6 Å². The summed E-state index contributed by atoms with van der Waals surface area (Å²) in [4.78, 5) is 8.00. The molecule has 0 saturated heterocycles. The first kappa shape index (κ1) is 12.1. The van der Waals surface area contributed by atoms with E-state index in [-0.39, 0.29) is 6.10 Å². The predicted octanol–water partition coefficient (Wildman–Crippen LogP) is 1.72. The number of hydrogen-bond acceptors (Lipinski definition) is 4. The number of aliphatic hydroxyl groups is 1. The SMILES string of the molecule is CCCC(OCC)C(O)c1cnccn1. The van der Waals surface area contributed by atoms with Crippen molar-refractivity contribution < 1.29 is 9.84 Å². The number of aliphatic hydroxyl groups excluding tert-OH is 1. The van der Waals surface area contributed by atoms with Crippen LogP contribution in [0.15, 0.2) is 18.6 Å². The summed E-state index contributed by atoms with van der Waals surface area (Å²) in [5.41, 5.74) is 0.574. The van der Waals surface area contributed by atoms with Gasteiger partial charge in [-0.2, -0.15) is 0 Å². The van der Waals surface area contributed by atoms with Crippen LogP contribution in [0.3, 0.4) is 0 Å². The summed E-state index contributed by atoms with van der Waals surface area (Å²) < 4.78 is 5.48. The van der Waals surface area contributed by atoms with Gasteiger partial charge in [-0.15, -0.1) is 0 Å². The second-order valence-corrected chi connectivity index (χ2v) is 3.36. The molecule has 0 aliphatic rings. The van der Waals surface area contributed by atoms with Crippen molar-refractivity contribution in [2.24, 2.45) is 0 Å². The van der Waals surface area contributed by atoms with Gasteiger partial charge in [-0.1, -0.05) is 13.3 Å². The van der Waals surface area contributed by atoms with Gasteiger partial charge in [-0.3, -0.25) is 9.97 Å². The first-order chi connectivity index (χ1) is 7.29. The molecule has 2 atom stereocenters. The quantitative estimate of drug-likeness (QED) is 0.776. The van der Waals surface area contributed by atoms with Crippen molar-refractivity contribution in [1.82, 2.24) is 9.97 Å². The van der Waals surface area contributed by atoms with Crippen LogP contribution >= 0.6 is 0 Å². The van der Waals surface area contributed by atoms with Crippen LogP contribution in [0.4, 0.5) is 0 Å². The highest BCUT2D eigenvalue weighted by molar-refractivity contribution is 5.01. The first-order valence-electron chi connectivity index (χ1n) is 5.35. The van der Waals surface area contributed by atoms with Crippen molar-refractivity contribution in [3.05, 3.63) is 24.3 Å². The van der Waals surface area contributed by atoms with Gasteiger partial charge >= 0.3 is 0 Å². The number of rotatable bonds is 6. The topological polar surface area (TPSA) is 55.2 Å². The van der Waals surface area contributed by atoms with Gasteiger partial charge in [0.25, 0.3) is 0 Å². The first-order valence-corrected chi connectivity index (χ1v) is 5.35. The third-order valence-corrected chi connectivity index (χ3v) is 2.19. The van der Waals surface area contributed by atoms with E-state index in [2.05, 4.69) is 16.9 Å². The minimum atomic E-state index is -0.682. The molecule has 0 radical (unpaired) electrons. The van der Waals surface area contributed by atoms with E-state index >= 15 is 0 Å². The van der Waals surface area contributed by atoms with E-state index in [4.69, 9.17) is 4.74 Å². The maximum absolute atomic E-state index is 10.0. The van der Waals surface area contributed by atoms with Crippen LogP contribution in [0.5, 0.6) is 0 Å². The molecule has 1 aromatic heterocycles. The van der Waals surface area contributed by atoms with Gasteiger partial charge in [0.2, 0.25) is 0 Å². The summed E-state index contributed by atoms with van der Waals surface area (Å²) >= 11 is 0. The monoisotopic (exact) mass is 210 g/mol. The second kappa shape index (κ2) is 6.48. The summed E-state index contributed by atoms with van der Waals surface area (Å²) in [7, 11) is 0. The Morgan fingerprint density at radius 3 is 2.73 bits per heavy atom. The Balaban J connectivity index is 2.67. The summed E-state index contributed by atoms with van der Waals surface area (Å²) in [5.74, 6) is 0.